The molecule has 0 atom stereocenters. The molecule has 2 aromatic heterocycles. The highest BCUT2D eigenvalue weighted by Gasteiger charge is 2.10. The molecular weight excluding hydrogens is 304 g/mol. The molecule has 0 saturated heterocycles. The molecule has 0 radical (unpaired) electrons. The second kappa shape index (κ2) is 7.31. The van der Waals surface area contributed by atoms with Crippen molar-refractivity contribution in [1.29, 1.82) is 0 Å². The van der Waals surface area contributed by atoms with Gasteiger partial charge in [-0.3, -0.25) is 0 Å². The second-order valence-corrected chi connectivity index (χ2v) is 5.46. The van der Waals surface area contributed by atoms with Crippen molar-refractivity contribution in [3.8, 4) is 0 Å². The summed E-state index contributed by atoms with van der Waals surface area (Å²) in [6.45, 7) is 5.63. The number of halogens is 1. The van der Waals surface area contributed by atoms with E-state index in [2.05, 4.69) is 20.4 Å². The van der Waals surface area contributed by atoms with Gasteiger partial charge < -0.3 is 19.3 Å². The van der Waals surface area contributed by atoms with Crippen LogP contribution in [0.25, 0.3) is 0 Å². The summed E-state index contributed by atoms with van der Waals surface area (Å²) in [7, 11) is 3.95. The molecule has 0 fully saturated rings. The van der Waals surface area contributed by atoms with Crippen molar-refractivity contribution in [2.75, 3.05) is 13.6 Å². The molecule has 0 aromatic carbocycles. The lowest BCUT2D eigenvalue weighted by Crippen LogP contribution is -2.38. The molecule has 1 N–H and O–H groups in total. The van der Waals surface area contributed by atoms with E-state index in [9.17, 15) is 0 Å². The molecule has 0 aliphatic heterocycles. The van der Waals surface area contributed by atoms with E-state index in [4.69, 9.17) is 16.1 Å². The van der Waals surface area contributed by atoms with E-state index in [1.807, 2.05) is 42.7 Å². The van der Waals surface area contributed by atoms with Crippen LogP contribution in [0.5, 0.6) is 0 Å². The van der Waals surface area contributed by atoms with Gasteiger partial charge in [-0.05, 0) is 19.9 Å². The molecule has 2 heterocycles. The highest BCUT2D eigenvalue weighted by molar-refractivity contribution is 6.30. The highest BCUT2D eigenvalue weighted by Crippen LogP contribution is 2.14. The van der Waals surface area contributed by atoms with Gasteiger partial charge in [-0.1, -0.05) is 16.8 Å². The molecule has 0 unspecified atom stereocenters. The Bertz CT molecular complexity index is 648. The number of hydrogen-bond donors (Lipinski definition) is 1. The summed E-state index contributed by atoms with van der Waals surface area (Å²) < 4.78 is 7.08. The third-order valence-electron chi connectivity index (χ3n) is 3.10. The molecule has 22 heavy (non-hydrogen) atoms. The van der Waals surface area contributed by atoms with E-state index in [1.165, 1.54) is 0 Å². The zero-order chi connectivity index (χ0) is 16.1. The van der Waals surface area contributed by atoms with Gasteiger partial charge in [-0.25, -0.2) is 4.99 Å². The van der Waals surface area contributed by atoms with Gasteiger partial charge in [0.15, 0.2) is 11.8 Å². The quantitative estimate of drug-likeness (QED) is 0.672. The third-order valence-corrected chi connectivity index (χ3v) is 3.31. The number of aryl methyl sites for hydroxylation is 2. The molecule has 0 aliphatic rings. The van der Waals surface area contributed by atoms with Crippen LogP contribution in [0.3, 0.4) is 0 Å². The highest BCUT2D eigenvalue weighted by atomic mass is 35.5. The van der Waals surface area contributed by atoms with E-state index >= 15 is 0 Å². The lowest BCUT2D eigenvalue weighted by atomic mass is 10.4. The SMILES string of the molecule is CCNC(=NCc1nc(C)no1)N(C)Cc1cc(Cl)cn1C. The normalized spacial score (nSPS) is 11.8. The van der Waals surface area contributed by atoms with Crippen LogP contribution in [0.2, 0.25) is 5.02 Å². The largest absolute Gasteiger partial charge is 0.357 e. The fourth-order valence-electron chi connectivity index (χ4n) is 2.06. The van der Waals surface area contributed by atoms with Crippen LogP contribution in [0.4, 0.5) is 0 Å². The predicted molar refractivity (Wildman–Crippen MR) is 85.7 cm³/mol. The Labute approximate surface area is 135 Å². The summed E-state index contributed by atoms with van der Waals surface area (Å²) in [4.78, 5) is 10.7. The maximum Gasteiger partial charge on any atom is 0.248 e. The molecular formula is C14H21ClN6O. The van der Waals surface area contributed by atoms with Gasteiger partial charge in [0.1, 0.15) is 6.54 Å². The number of hydrogen-bond acceptors (Lipinski definition) is 4. The second-order valence-electron chi connectivity index (χ2n) is 5.02. The van der Waals surface area contributed by atoms with Crippen LogP contribution in [-0.4, -0.2) is 39.2 Å². The average Bonchev–Trinajstić information content (AvgIpc) is 3.00. The van der Waals surface area contributed by atoms with Crippen molar-refractivity contribution in [3.05, 3.63) is 34.7 Å². The van der Waals surface area contributed by atoms with Gasteiger partial charge in [0, 0.05) is 32.5 Å². The Morgan fingerprint density at radius 2 is 2.32 bits per heavy atom. The molecule has 0 spiro atoms. The molecule has 0 saturated carbocycles. The summed E-state index contributed by atoms with van der Waals surface area (Å²) in [6, 6.07) is 1.95. The van der Waals surface area contributed by atoms with E-state index in [-0.39, 0.29) is 0 Å². The summed E-state index contributed by atoms with van der Waals surface area (Å²) in [5, 5.41) is 7.74. The van der Waals surface area contributed by atoms with Crippen LogP contribution in [0.1, 0.15) is 24.3 Å². The number of aliphatic imine (C=N–C) groups is 1. The van der Waals surface area contributed by atoms with E-state index in [0.717, 1.165) is 23.2 Å². The van der Waals surface area contributed by atoms with Crippen LogP contribution >= 0.6 is 11.6 Å². The fraction of sp³-hybridized carbons (Fsp3) is 0.500. The van der Waals surface area contributed by atoms with E-state index in [0.29, 0.717) is 24.8 Å². The Kier molecular flexibility index (Phi) is 5.43. The first-order valence-corrected chi connectivity index (χ1v) is 7.46. The van der Waals surface area contributed by atoms with Crippen LogP contribution < -0.4 is 5.32 Å². The zero-order valence-electron chi connectivity index (χ0n) is 13.3. The minimum Gasteiger partial charge on any atom is -0.357 e. The van der Waals surface area contributed by atoms with Gasteiger partial charge in [0.25, 0.3) is 0 Å². The standard InChI is InChI=1S/C14H21ClN6O/c1-5-16-14(17-7-13-18-10(2)19-22-13)21(4)9-12-6-11(15)8-20(12)3/h6,8H,5,7,9H2,1-4H3,(H,16,17). The minimum atomic E-state index is 0.349. The minimum absolute atomic E-state index is 0.349. The molecule has 0 bridgehead atoms. The molecule has 2 rings (SSSR count). The molecule has 120 valence electrons. The first-order valence-electron chi connectivity index (χ1n) is 7.09. The summed E-state index contributed by atoms with van der Waals surface area (Å²) in [6.07, 6.45) is 1.88. The molecule has 2 aromatic rings. The first kappa shape index (κ1) is 16.4. The average molecular weight is 325 g/mol. The van der Waals surface area contributed by atoms with Crippen molar-refractivity contribution in [2.45, 2.75) is 26.9 Å². The number of nitrogens with zero attached hydrogens (tertiary/aromatic N) is 5. The fourth-order valence-corrected chi connectivity index (χ4v) is 2.33. The molecule has 8 heteroatoms. The first-order chi connectivity index (χ1) is 10.5. The number of rotatable bonds is 5. The Hall–Kier alpha value is -2.02. The predicted octanol–water partition coefficient (Wildman–Crippen LogP) is 1.97. The summed E-state index contributed by atoms with van der Waals surface area (Å²) in [5.74, 6) is 1.89. The van der Waals surface area contributed by atoms with Gasteiger partial charge in [0.2, 0.25) is 5.89 Å². The Balaban J connectivity index is 2.07. The van der Waals surface area contributed by atoms with Crippen molar-refractivity contribution >= 4 is 17.6 Å². The number of guanidine groups is 1. The number of nitrogens with one attached hydrogen (secondary N) is 1. The summed E-state index contributed by atoms with van der Waals surface area (Å²) in [5.41, 5.74) is 1.10. The topological polar surface area (TPSA) is 71.5 Å². The van der Waals surface area contributed by atoms with Crippen molar-refractivity contribution in [2.24, 2.45) is 12.0 Å². The van der Waals surface area contributed by atoms with Crippen LogP contribution in [0, 0.1) is 6.92 Å². The van der Waals surface area contributed by atoms with Gasteiger partial charge in [0.05, 0.1) is 11.6 Å². The lowest BCUT2D eigenvalue weighted by Gasteiger charge is -2.22. The Morgan fingerprint density at radius 1 is 1.55 bits per heavy atom. The van der Waals surface area contributed by atoms with Gasteiger partial charge in [-0.2, -0.15) is 4.98 Å². The molecule has 7 nitrogen and oxygen atoms in total. The zero-order valence-corrected chi connectivity index (χ0v) is 14.1. The van der Waals surface area contributed by atoms with Crippen molar-refractivity contribution in [3.63, 3.8) is 0 Å². The maximum atomic E-state index is 6.02. The lowest BCUT2D eigenvalue weighted by molar-refractivity contribution is 0.375. The number of aromatic nitrogens is 3. The van der Waals surface area contributed by atoms with E-state index in [1.54, 1.807) is 6.92 Å². The Morgan fingerprint density at radius 3 is 2.86 bits per heavy atom. The molecule has 0 amide bonds. The van der Waals surface area contributed by atoms with Crippen molar-refractivity contribution in [1.82, 2.24) is 24.9 Å². The summed E-state index contributed by atoms with van der Waals surface area (Å²) >= 11 is 6.02. The maximum absolute atomic E-state index is 6.02. The molecule has 0 aliphatic carbocycles. The van der Waals surface area contributed by atoms with Gasteiger partial charge in [-0.15, -0.1) is 0 Å². The van der Waals surface area contributed by atoms with Crippen molar-refractivity contribution < 1.29 is 4.52 Å². The smallest absolute Gasteiger partial charge is 0.248 e. The van der Waals surface area contributed by atoms with Crippen LogP contribution in [-0.2, 0) is 20.1 Å². The van der Waals surface area contributed by atoms with E-state index < -0.39 is 0 Å². The van der Waals surface area contributed by atoms with Gasteiger partial charge >= 0.3 is 0 Å². The third kappa shape index (κ3) is 4.24. The van der Waals surface area contributed by atoms with Crippen LogP contribution in [0.15, 0.2) is 21.8 Å². The monoisotopic (exact) mass is 324 g/mol.